The number of methoxy groups -OCH3 is 2. The zero-order chi connectivity index (χ0) is 25.1. The number of ether oxygens (including phenoxy) is 2. The van der Waals surface area contributed by atoms with Crippen LogP contribution in [0.15, 0.2) is 65.4 Å². The SMILES string of the molecule is COc1ccc(CN=S2(=O)CCN(c3ccc(-c4cc(OC)cn5ncc(C#N)c45)cn3)CC2)cc1. The van der Waals surface area contributed by atoms with E-state index in [0.29, 0.717) is 48.0 Å². The van der Waals surface area contributed by atoms with Crippen molar-refractivity contribution in [2.75, 3.05) is 43.7 Å². The van der Waals surface area contributed by atoms with Gasteiger partial charge in [0, 0.05) is 41.9 Å². The molecule has 3 aromatic heterocycles. The maximum Gasteiger partial charge on any atom is 0.137 e. The lowest BCUT2D eigenvalue weighted by molar-refractivity contribution is 0.412. The second-order valence-corrected chi connectivity index (χ2v) is 11.1. The molecule has 0 aliphatic carbocycles. The molecule has 9 nitrogen and oxygen atoms in total. The van der Waals surface area contributed by atoms with Crippen LogP contribution in [0.3, 0.4) is 0 Å². The number of nitriles is 1. The predicted molar refractivity (Wildman–Crippen MR) is 139 cm³/mol. The Kier molecular flexibility index (Phi) is 6.48. The number of nitrogens with zero attached hydrogens (tertiary/aromatic N) is 6. The highest BCUT2D eigenvalue weighted by Crippen LogP contribution is 2.31. The Hall–Kier alpha value is -4.10. The maximum atomic E-state index is 13.3. The molecule has 0 unspecified atom stereocenters. The second-order valence-electron chi connectivity index (χ2n) is 8.47. The van der Waals surface area contributed by atoms with Gasteiger partial charge in [0.15, 0.2) is 0 Å². The van der Waals surface area contributed by atoms with Gasteiger partial charge in [-0.1, -0.05) is 12.1 Å². The Bertz CT molecular complexity index is 1530. The molecule has 1 fully saturated rings. The van der Waals surface area contributed by atoms with E-state index in [9.17, 15) is 9.47 Å². The molecule has 10 heteroatoms. The molecule has 0 saturated carbocycles. The number of pyridine rings is 2. The summed E-state index contributed by atoms with van der Waals surface area (Å²) in [6.07, 6.45) is 5.08. The van der Waals surface area contributed by atoms with E-state index in [0.717, 1.165) is 28.3 Å². The molecule has 0 amide bonds. The van der Waals surface area contributed by atoms with Crippen LogP contribution in [-0.4, -0.2) is 57.6 Å². The number of anilines is 1. The molecule has 36 heavy (non-hydrogen) atoms. The number of fused-ring (bicyclic) bond motifs is 1. The third kappa shape index (κ3) is 4.70. The summed E-state index contributed by atoms with van der Waals surface area (Å²) in [7, 11) is 0.970. The molecule has 4 aromatic rings. The molecule has 0 bridgehead atoms. The van der Waals surface area contributed by atoms with Crippen molar-refractivity contribution < 1.29 is 13.7 Å². The van der Waals surface area contributed by atoms with Crippen molar-refractivity contribution >= 4 is 21.1 Å². The molecule has 1 saturated heterocycles. The lowest BCUT2D eigenvalue weighted by Gasteiger charge is -2.29. The predicted octanol–water partition coefficient (Wildman–Crippen LogP) is 3.77. The average molecular weight is 503 g/mol. The lowest BCUT2D eigenvalue weighted by Crippen LogP contribution is -2.40. The van der Waals surface area contributed by atoms with Crippen LogP contribution < -0.4 is 14.4 Å². The second kappa shape index (κ2) is 9.87. The summed E-state index contributed by atoms with van der Waals surface area (Å²) in [6, 6.07) is 15.7. The number of benzene rings is 1. The molecule has 0 N–H and O–H groups in total. The van der Waals surface area contributed by atoms with E-state index in [4.69, 9.17) is 9.47 Å². The van der Waals surface area contributed by atoms with E-state index in [1.807, 2.05) is 42.5 Å². The Morgan fingerprint density at radius 1 is 1.06 bits per heavy atom. The monoisotopic (exact) mass is 502 g/mol. The van der Waals surface area contributed by atoms with Gasteiger partial charge in [0.25, 0.3) is 0 Å². The minimum Gasteiger partial charge on any atom is -0.497 e. The maximum absolute atomic E-state index is 13.3. The number of rotatable bonds is 6. The number of hydrogen-bond donors (Lipinski definition) is 0. The first kappa shape index (κ1) is 23.6. The van der Waals surface area contributed by atoms with Crippen LogP contribution in [0.2, 0.25) is 0 Å². The largest absolute Gasteiger partial charge is 0.497 e. The van der Waals surface area contributed by atoms with Crippen molar-refractivity contribution in [2.24, 2.45) is 4.36 Å². The van der Waals surface area contributed by atoms with Gasteiger partial charge in [-0.25, -0.2) is 18.1 Å². The lowest BCUT2D eigenvalue weighted by atomic mass is 10.1. The summed E-state index contributed by atoms with van der Waals surface area (Å²) < 4.78 is 30.1. The smallest absolute Gasteiger partial charge is 0.137 e. The van der Waals surface area contributed by atoms with Gasteiger partial charge in [-0.05, 0) is 35.9 Å². The summed E-state index contributed by atoms with van der Waals surface area (Å²) in [6.45, 7) is 1.69. The van der Waals surface area contributed by atoms with Gasteiger partial charge in [0.2, 0.25) is 0 Å². The first-order valence-corrected chi connectivity index (χ1v) is 13.4. The van der Waals surface area contributed by atoms with Crippen LogP contribution in [0.4, 0.5) is 5.82 Å². The molecule has 184 valence electrons. The van der Waals surface area contributed by atoms with Crippen LogP contribution in [0, 0.1) is 11.3 Å². The van der Waals surface area contributed by atoms with Gasteiger partial charge in [-0.2, -0.15) is 10.4 Å². The summed E-state index contributed by atoms with van der Waals surface area (Å²) >= 11 is 0. The summed E-state index contributed by atoms with van der Waals surface area (Å²) in [5.41, 5.74) is 3.89. The van der Waals surface area contributed by atoms with Gasteiger partial charge >= 0.3 is 0 Å². The molecule has 0 atom stereocenters. The highest BCUT2D eigenvalue weighted by molar-refractivity contribution is 7.93. The van der Waals surface area contributed by atoms with Crippen molar-refractivity contribution in [2.45, 2.75) is 6.54 Å². The molecule has 0 spiro atoms. The van der Waals surface area contributed by atoms with Gasteiger partial charge in [0.05, 0.1) is 54.0 Å². The molecule has 1 aliphatic heterocycles. The molecular formula is C26H26N6O3S. The fourth-order valence-corrected chi connectivity index (χ4v) is 6.10. The van der Waals surface area contributed by atoms with Gasteiger partial charge < -0.3 is 14.4 Å². The summed E-state index contributed by atoms with van der Waals surface area (Å²) in [5, 5.41) is 13.8. The van der Waals surface area contributed by atoms with Crippen LogP contribution >= 0.6 is 0 Å². The Labute approximate surface area is 210 Å². The third-order valence-electron chi connectivity index (χ3n) is 6.33. The fraction of sp³-hybridized carbons (Fsp3) is 0.269. The molecule has 1 aromatic carbocycles. The third-order valence-corrected chi connectivity index (χ3v) is 8.57. The first-order chi connectivity index (χ1) is 17.5. The summed E-state index contributed by atoms with van der Waals surface area (Å²) in [4.78, 5) is 6.81. The Morgan fingerprint density at radius 3 is 2.44 bits per heavy atom. The Balaban J connectivity index is 1.31. The molecule has 4 heterocycles. The van der Waals surface area contributed by atoms with Crippen LogP contribution in [0.5, 0.6) is 11.5 Å². The fourth-order valence-electron chi connectivity index (χ4n) is 4.24. The standard InChI is InChI=1S/C26H26N6O3S/c1-34-22-6-3-19(4-7-22)15-30-36(33)11-9-31(10-12-36)25-8-5-20(16-28-25)24-13-23(35-2)18-32-26(24)21(14-27)17-29-32/h3-8,13,16-18H,9-12,15H2,1-2H3. The molecule has 5 rings (SSSR count). The highest BCUT2D eigenvalue weighted by Gasteiger charge is 2.22. The van der Waals surface area contributed by atoms with E-state index in [2.05, 4.69) is 25.4 Å². The van der Waals surface area contributed by atoms with Crippen molar-refractivity contribution in [1.82, 2.24) is 14.6 Å². The molecule has 1 aliphatic rings. The van der Waals surface area contributed by atoms with Gasteiger partial charge in [-0.3, -0.25) is 0 Å². The van der Waals surface area contributed by atoms with Crippen molar-refractivity contribution in [3.63, 3.8) is 0 Å². The zero-order valence-corrected chi connectivity index (χ0v) is 20.9. The average Bonchev–Trinajstić information content (AvgIpc) is 3.35. The first-order valence-electron chi connectivity index (χ1n) is 11.5. The van der Waals surface area contributed by atoms with Crippen LogP contribution in [0.1, 0.15) is 11.1 Å². The number of aromatic nitrogens is 3. The quantitative estimate of drug-likeness (QED) is 0.395. The van der Waals surface area contributed by atoms with Crippen molar-refractivity contribution in [3.05, 3.63) is 72.2 Å². The Morgan fingerprint density at radius 2 is 1.81 bits per heavy atom. The topological polar surface area (TPSA) is 105 Å². The van der Waals surface area contributed by atoms with Gasteiger partial charge in [-0.15, -0.1) is 0 Å². The summed E-state index contributed by atoms with van der Waals surface area (Å²) in [5.74, 6) is 3.26. The van der Waals surface area contributed by atoms with Gasteiger partial charge in [0.1, 0.15) is 23.4 Å². The van der Waals surface area contributed by atoms with Crippen LogP contribution in [0.25, 0.3) is 16.6 Å². The van der Waals surface area contributed by atoms with E-state index < -0.39 is 9.73 Å². The van der Waals surface area contributed by atoms with E-state index in [1.54, 1.807) is 37.3 Å². The highest BCUT2D eigenvalue weighted by atomic mass is 32.2. The minimum atomic E-state index is -2.26. The van der Waals surface area contributed by atoms with E-state index in [1.165, 1.54) is 0 Å². The van der Waals surface area contributed by atoms with E-state index >= 15 is 0 Å². The van der Waals surface area contributed by atoms with E-state index in [-0.39, 0.29) is 0 Å². The normalized spacial score (nSPS) is 14.9. The van der Waals surface area contributed by atoms with Crippen molar-refractivity contribution in [3.8, 4) is 28.7 Å². The molecule has 0 radical (unpaired) electrons. The van der Waals surface area contributed by atoms with Crippen LogP contribution in [-0.2, 0) is 16.3 Å². The minimum absolute atomic E-state index is 0.435. The zero-order valence-electron chi connectivity index (χ0n) is 20.1. The van der Waals surface area contributed by atoms with Crippen molar-refractivity contribution in [1.29, 1.82) is 5.26 Å². The molecular weight excluding hydrogens is 476 g/mol. The number of hydrogen-bond acceptors (Lipinski definition) is 8.